The molecule has 0 fully saturated rings. The molecular weight excluding hydrogens is 362 g/mol. The Bertz CT molecular complexity index is 744. The summed E-state index contributed by atoms with van der Waals surface area (Å²) in [5.41, 5.74) is 3.03. The van der Waals surface area contributed by atoms with Crippen LogP contribution in [0.4, 0.5) is 5.69 Å². The average molecular weight is 388 g/mol. The molecule has 0 radical (unpaired) electrons. The minimum Gasteiger partial charge on any atom is -0.356 e. The zero-order valence-electron chi connectivity index (χ0n) is 15.8. The van der Waals surface area contributed by atoms with Gasteiger partial charge in [0.2, 0.25) is 5.91 Å². The van der Waals surface area contributed by atoms with Crippen molar-refractivity contribution in [1.29, 1.82) is 0 Å². The Balaban J connectivity index is 1.74. The Hall–Kier alpha value is -2.60. The van der Waals surface area contributed by atoms with Crippen LogP contribution in [0.5, 0.6) is 0 Å². The van der Waals surface area contributed by atoms with Crippen molar-refractivity contribution in [2.45, 2.75) is 32.7 Å². The molecule has 0 aliphatic heterocycles. The van der Waals surface area contributed by atoms with Crippen LogP contribution in [0.1, 0.15) is 30.9 Å². The van der Waals surface area contributed by atoms with Crippen molar-refractivity contribution < 1.29 is 4.79 Å². The van der Waals surface area contributed by atoms with E-state index in [0.717, 1.165) is 42.2 Å². The number of amides is 1. The number of hydrogen-bond acceptors (Lipinski definition) is 3. The maximum absolute atomic E-state index is 11.6. The van der Waals surface area contributed by atoms with E-state index < -0.39 is 0 Å². The first kappa shape index (κ1) is 20.7. The lowest BCUT2D eigenvalue weighted by Gasteiger charge is -2.12. The lowest BCUT2D eigenvalue weighted by Crippen LogP contribution is -2.37. The van der Waals surface area contributed by atoms with E-state index in [1.54, 1.807) is 19.3 Å². The lowest BCUT2D eigenvalue weighted by molar-refractivity contribution is -0.116. The van der Waals surface area contributed by atoms with Gasteiger partial charge in [-0.3, -0.25) is 9.79 Å². The first-order valence-electron chi connectivity index (χ1n) is 9.04. The molecule has 0 saturated heterocycles. The maximum atomic E-state index is 11.6. The second kappa shape index (κ2) is 11.2. The van der Waals surface area contributed by atoms with E-state index in [-0.39, 0.29) is 5.91 Å². The van der Waals surface area contributed by atoms with E-state index in [2.05, 4.69) is 25.9 Å². The van der Waals surface area contributed by atoms with Crippen molar-refractivity contribution in [3.05, 3.63) is 58.9 Å². The van der Waals surface area contributed by atoms with Crippen LogP contribution >= 0.6 is 11.6 Å². The molecule has 3 N–H and O–H groups in total. The minimum atomic E-state index is 0.0452. The standard InChI is InChI=1S/C20H26ClN5O/c1-3-4-19(27)26-17-8-5-15(6-9-17)14-25-20(22-2)23-12-11-16-7-10-18(21)24-13-16/h5-10,13H,3-4,11-12,14H2,1-2H3,(H,26,27)(H2,22,23,25). The van der Waals surface area contributed by atoms with Crippen molar-refractivity contribution >= 4 is 29.2 Å². The summed E-state index contributed by atoms with van der Waals surface area (Å²) in [5.74, 6) is 0.779. The minimum absolute atomic E-state index is 0.0452. The number of carbonyl (C=O) groups excluding carboxylic acids is 1. The van der Waals surface area contributed by atoms with Gasteiger partial charge in [0.05, 0.1) is 0 Å². The summed E-state index contributed by atoms with van der Waals surface area (Å²) in [7, 11) is 1.74. The van der Waals surface area contributed by atoms with Gasteiger partial charge in [-0.1, -0.05) is 36.7 Å². The molecule has 0 aliphatic carbocycles. The van der Waals surface area contributed by atoms with Crippen LogP contribution in [0, 0.1) is 0 Å². The van der Waals surface area contributed by atoms with Gasteiger partial charge in [0.1, 0.15) is 5.15 Å². The predicted molar refractivity (Wildman–Crippen MR) is 111 cm³/mol. The van der Waals surface area contributed by atoms with Crippen LogP contribution in [-0.4, -0.2) is 30.4 Å². The second-order valence-corrected chi connectivity index (χ2v) is 6.47. The number of hydrogen-bond donors (Lipinski definition) is 3. The van der Waals surface area contributed by atoms with E-state index in [1.165, 1.54) is 0 Å². The third-order valence-electron chi connectivity index (χ3n) is 3.89. The van der Waals surface area contributed by atoms with Gasteiger partial charge in [0.25, 0.3) is 0 Å². The SMILES string of the molecule is CCCC(=O)Nc1ccc(CNC(=NC)NCCc2ccc(Cl)nc2)cc1. The number of benzene rings is 1. The molecule has 1 aromatic carbocycles. The summed E-state index contributed by atoms with van der Waals surface area (Å²) in [6, 6.07) is 11.6. The molecule has 27 heavy (non-hydrogen) atoms. The molecule has 1 amide bonds. The first-order chi connectivity index (χ1) is 13.1. The topological polar surface area (TPSA) is 78.4 Å². The van der Waals surface area contributed by atoms with Gasteiger partial charge in [0.15, 0.2) is 5.96 Å². The molecule has 7 heteroatoms. The molecule has 6 nitrogen and oxygen atoms in total. The largest absolute Gasteiger partial charge is 0.356 e. The van der Waals surface area contributed by atoms with Gasteiger partial charge in [-0.15, -0.1) is 0 Å². The van der Waals surface area contributed by atoms with Crippen LogP contribution in [0.15, 0.2) is 47.6 Å². The second-order valence-electron chi connectivity index (χ2n) is 6.09. The van der Waals surface area contributed by atoms with Crippen LogP contribution < -0.4 is 16.0 Å². The summed E-state index contributed by atoms with van der Waals surface area (Å²) in [5, 5.41) is 9.94. The highest BCUT2D eigenvalue weighted by molar-refractivity contribution is 6.29. The molecule has 1 aromatic heterocycles. The Labute approximate surface area is 165 Å². The third kappa shape index (κ3) is 7.66. The summed E-state index contributed by atoms with van der Waals surface area (Å²) in [6.45, 7) is 3.37. The molecule has 144 valence electrons. The highest BCUT2D eigenvalue weighted by Gasteiger charge is 2.02. The van der Waals surface area contributed by atoms with E-state index in [0.29, 0.717) is 18.1 Å². The van der Waals surface area contributed by atoms with Gasteiger partial charge in [-0.25, -0.2) is 4.98 Å². The molecule has 0 atom stereocenters. The summed E-state index contributed by atoms with van der Waals surface area (Å²) >= 11 is 5.79. The highest BCUT2D eigenvalue weighted by atomic mass is 35.5. The number of guanidine groups is 1. The predicted octanol–water partition coefficient (Wildman–Crippen LogP) is 3.38. The number of aromatic nitrogens is 1. The van der Waals surface area contributed by atoms with Gasteiger partial charge in [0, 0.05) is 38.4 Å². The number of halogens is 1. The highest BCUT2D eigenvalue weighted by Crippen LogP contribution is 2.10. The van der Waals surface area contributed by atoms with E-state index in [4.69, 9.17) is 11.6 Å². The van der Waals surface area contributed by atoms with Crippen molar-refractivity contribution in [2.75, 3.05) is 18.9 Å². The molecule has 1 heterocycles. The van der Waals surface area contributed by atoms with E-state index in [1.807, 2.05) is 37.3 Å². The Morgan fingerprint density at radius 3 is 2.48 bits per heavy atom. The fourth-order valence-electron chi connectivity index (χ4n) is 2.44. The molecule has 0 bridgehead atoms. The van der Waals surface area contributed by atoms with Gasteiger partial charge in [-0.05, 0) is 42.2 Å². The summed E-state index contributed by atoms with van der Waals surface area (Å²) < 4.78 is 0. The number of rotatable bonds is 8. The normalized spacial score (nSPS) is 11.1. The number of pyridine rings is 1. The average Bonchev–Trinajstić information content (AvgIpc) is 2.67. The number of anilines is 1. The molecule has 0 aliphatic rings. The zero-order valence-corrected chi connectivity index (χ0v) is 16.5. The molecule has 2 rings (SSSR count). The number of nitrogens with one attached hydrogen (secondary N) is 3. The van der Waals surface area contributed by atoms with Gasteiger partial charge >= 0.3 is 0 Å². The fourth-order valence-corrected chi connectivity index (χ4v) is 2.55. The van der Waals surface area contributed by atoms with Crippen molar-refractivity contribution in [2.24, 2.45) is 4.99 Å². The Kier molecular flexibility index (Phi) is 8.58. The van der Waals surface area contributed by atoms with E-state index >= 15 is 0 Å². The molecule has 0 spiro atoms. The van der Waals surface area contributed by atoms with Crippen LogP contribution in [0.2, 0.25) is 5.15 Å². The fraction of sp³-hybridized carbons (Fsp3) is 0.350. The first-order valence-corrected chi connectivity index (χ1v) is 9.42. The Morgan fingerprint density at radius 1 is 1.11 bits per heavy atom. The van der Waals surface area contributed by atoms with E-state index in [9.17, 15) is 4.79 Å². The summed E-state index contributed by atoms with van der Waals surface area (Å²) in [6.07, 6.45) is 3.99. The van der Waals surface area contributed by atoms with Crippen molar-refractivity contribution in [3.63, 3.8) is 0 Å². The molecule has 2 aromatic rings. The van der Waals surface area contributed by atoms with Crippen LogP contribution in [-0.2, 0) is 17.8 Å². The number of aliphatic imine (C=N–C) groups is 1. The number of carbonyl (C=O) groups is 1. The maximum Gasteiger partial charge on any atom is 0.224 e. The number of nitrogens with zero attached hydrogens (tertiary/aromatic N) is 2. The molecular formula is C20H26ClN5O. The van der Waals surface area contributed by atoms with Crippen LogP contribution in [0.3, 0.4) is 0 Å². The smallest absolute Gasteiger partial charge is 0.224 e. The zero-order chi connectivity index (χ0) is 19.5. The molecule has 0 saturated carbocycles. The molecule has 0 unspecified atom stereocenters. The monoisotopic (exact) mass is 387 g/mol. The third-order valence-corrected chi connectivity index (χ3v) is 4.12. The summed E-state index contributed by atoms with van der Waals surface area (Å²) in [4.78, 5) is 19.9. The van der Waals surface area contributed by atoms with Crippen molar-refractivity contribution in [3.8, 4) is 0 Å². The quantitative estimate of drug-likeness (QED) is 0.368. The van der Waals surface area contributed by atoms with Crippen LogP contribution in [0.25, 0.3) is 0 Å². The van der Waals surface area contributed by atoms with Gasteiger partial charge in [-0.2, -0.15) is 0 Å². The lowest BCUT2D eigenvalue weighted by atomic mass is 10.2. The van der Waals surface area contributed by atoms with Gasteiger partial charge < -0.3 is 16.0 Å². The van der Waals surface area contributed by atoms with Crippen molar-refractivity contribution in [1.82, 2.24) is 15.6 Å². The Morgan fingerprint density at radius 2 is 1.85 bits per heavy atom.